The molecule has 0 bridgehead atoms. The molecular weight excluding hydrogens is 486 g/mol. The van der Waals surface area contributed by atoms with E-state index in [9.17, 15) is 19.6 Å². The van der Waals surface area contributed by atoms with Crippen molar-refractivity contribution in [2.45, 2.75) is 69.1 Å². The third kappa shape index (κ3) is 6.63. The molecule has 1 aromatic rings. The number of morpholine rings is 1. The Kier molecular flexibility index (Phi) is 9.58. The maximum atomic E-state index is 13.8. The van der Waals surface area contributed by atoms with Gasteiger partial charge in [-0.05, 0) is 24.3 Å². The van der Waals surface area contributed by atoms with Gasteiger partial charge in [0, 0.05) is 26.2 Å². The molecule has 206 valence electrons. The molecule has 1 saturated carbocycles. The zero-order chi connectivity index (χ0) is 27.0. The van der Waals surface area contributed by atoms with E-state index in [1.54, 1.807) is 4.90 Å². The van der Waals surface area contributed by atoms with Gasteiger partial charge in [0.15, 0.2) is 5.54 Å². The molecule has 2 heterocycles. The molecule has 3 atom stereocenters. The van der Waals surface area contributed by atoms with Crippen LogP contribution in [0.4, 0.5) is 4.79 Å². The summed E-state index contributed by atoms with van der Waals surface area (Å²) in [6, 6.07) is 9.85. The second-order valence-electron chi connectivity index (χ2n) is 10.5. The van der Waals surface area contributed by atoms with Gasteiger partial charge in [-0.1, -0.05) is 62.4 Å². The first-order valence-corrected chi connectivity index (χ1v) is 13.7. The lowest BCUT2D eigenvalue weighted by molar-refractivity contribution is -0.148. The Labute approximate surface area is 224 Å². The molecule has 3 amide bonds. The Balaban J connectivity index is 1.53. The normalized spacial score (nSPS) is 25.3. The predicted octanol–water partition coefficient (Wildman–Crippen LogP) is 2.19. The quantitative estimate of drug-likeness (QED) is 0.499. The number of benzene rings is 1. The van der Waals surface area contributed by atoms with Gasteiger partial charge >= 0.3 is 12.0 Å². The van der Waals surface area contributed by atoms with Crippen molar-refractivity contribution in [3.05, 3.63) is 35.9 Å². The van der Waals surface area contributed by atoms with Crippen LogP contribution in [0.1, 0.15) is 50.5 Å². The third-order valence-corrected chi connectivity index (χ3v) is 8.03. The van der Waals surface area contributed by atoms with Gasteiger partial charge in [-0.3, -0.25) is 14.5 Å². The summed E-state index contributed by atoms with van der Waals surface area (Å²) in [5.74, 6) is -0.687. The van der Waals surface area contributed by atoms with E-state index in [1.165, 1.54) is 13.5 Å². The lowest BCUT2D eigenvalue weighted by atomic mass is 9.84. The highest BCUT2D eigenvalue weighted by Crippen LogP contribution is 2.32. The molecule has 3 aliphatic rings. The Hall–Kier alpha value is -3.16. The predicted molar refractivity (Wildman–Crippen MR) is 140 cm³/mol. The third-order valence-electron chi connectivity index (χ3n) is 8.03. The number of amides is 3. The number of nitriles is 1. The second-order valence-corrected chi connectivity index (χ2v) is 10.5. The molecule has 2 aliphatic heterocycles. The minimum absolute atomic E-state index is 0.273. The standard InChI is InChI=1S/C28H39N5O5/c1-37-26(35)24-28(20-29,12-13-33(24)19-22-10-6-3-7-11-22)31-25(34)23(18-21-8-4-2-5-9-21)30-27(36)32-14-16-38-17-15-32/h3,6-7,10-11,21,23-24H,2,4-5,8-9,12-19H2,1H3,(H,30,36)(H,31,34). The number of nitrogens with one attached hydrogen (secondary N) is 2. The molecule has 2 saturated heterocycles. The molecule has 3 fully saturated rings. The van der Waals surface area contributed by atoms with Crippen molar-refractivity contribution in [1.29, 1.82) is 5.26 Å². The van der Waals surface area contributed by atoms with Gasteiger partial charge in [-0.15, -0.1) is 0 Å². The number of urea groups is 1. The summed E-state index contributed by atoms with van der Waals surface area (Å²) in [4.78, 5) is 43.4. The maximum Gasteiger partial charge on any atom is 0.326 e. The molecule has 10 heteroatoms. The number of nitrogens with zero attached hydrogens (tertiary/aromatic N) is 3. The van der Waals surface area contributed by atoms with Crippen LogP contribution in [0, 0.1) is 17.2 Å². The number of likely N-dealkylation sites (tertiary alicyclic amines) is 1. The molecule has 0 aromatic heterocycles. The Morgan fingerprint density at radius 1 is 1.13 bits per heavy atom. The summed E-state index contributed by atoms with van der Waals surface area (Å²) >= 11 is 0. The zero-order valence-corrected chi connectivity index (χ0v) is 22.2. The topological polar surface area (TPSA) is 124 Å². The summed E-state index contributed by atoms with van der Waals surface area (Å²) in [5.41, 5.74) is -0.470. The summed E-state index contributed by atoms with van der Waals surface area (Å²) in [7, 11) is 1.29. The first-order valence-electron chi connectivity index (χ1n) is 13.7. The number of ether oxygens (including phenoxy) is 2. The fourth-order valence-corrected chi connectivity index (χ4v) is 5.92. The Bertz CT molecular complexity index is 1000. The van der Waals surface area contributed by atoms with Crippen LogP contribution >= 0.6 is 0 Å². The summed E-state index contributed by atoms with van der Waals surface area (Å²) in [6.45, 7) is 2.73. The van der Waals surface area contributed by atoms with E-state index in [2.05, 4.69) is 16.7 Å². The Morgan fingerprint density at radius 2 is 1.84 bits per heavy atom. The number of carbonyl (C=O) groups is 3. The summed E-state index contributed by atoms with van der Waals surface area (Å²) < 4.78 is 10.4. The smallest absolute Gasteiger partial charge is 0.326 e. The average molecular weight is 526 g/mol. The van der Waals surface area contributed by atoms with E-state index in [-0.39, 0.29) is 12.5 Å². The molecule has 38 heavy (non-hydrogen) atoms. The van der Waals surface area contributed by atoms with Crippen LogP contribution in [0.2, 0.25) is 0 Å². The molecule has 0 spiro atoms. The van der Waals surface area contributed by atoms with E-state index < -0.39 is 29.5 Å². The van der Waals surface area contributed by atoms with E-state index in [4.69, 9.17) is 9.47 Å². The number of esters is 1. The number of rotatable bonds is 8. The highest BCUT2D eigenvalue weighted by atomic mass is 16.5. The fourth-order valence-electron chi connectivity index (χ4n) is 5.92. The van der Waals surface area contributed by atoms with E-state index >= 15 is 0 Å². The van der Waals surface area contributed by atoms with Crippen molar-refractivity contribution in [2.24, 2.45) is 5.92 Å². The number of hydrogen-bond donors (Lipinski definition) is 2. The van der Waals surface area contributed by atoms with Crippen LogP contribution in [0.5, 0.6) is 0 Å². The monoisotopic (exact) mass is 525 g/mol. The SMILES string of the molecule is COC(=O)C1N(Cc2ccccc2)CCC1(C#N)NC(=O)C(CC1CCCCC1)NC(=O)N1CCOCC1. The first kappa shape index (κ1) is 27.9. The lowest BCUT2D eigenvalue weighted by Gasteiger charge is -2.35. The van der Waals surface area contributed by atoms with Crippen LogP contribution in [0.3, 0.4) is 0 Å². The Morgan fingerprint density at radius 3 is 2.50 bits per heavy atom. The molecule has 0 radical (unpaired) electrons. The number of hydrogen-bond acceptors (Lipinski definition) is 7. The van der Waals surface area contributed by atoms with Crippen LogP contribution < -0.4 is 10.6 Å². The number of methoxy groups -OCH3 is 1. The van der Waals surface area contributed by atoms with E-state index in [0.717, 1.165) is 31.2 Å². The van der Waals surface area contributed by atoms with Crippen LogP contribution in [-0.2, 0) is 25.6 Å². The minimum atomic E-state index is -1.46. The summed E-state index contributed by atoms with van der Waals surface area (Å²) in [6.07, 6.45) is 6.19. The maximum absolute atomic E-state index is 13.8. The highest BCUT2D eigenvalue weighted by molar-refractivity contribution is 5.89. The van der Waals surface area contributed by atoms with Gasteiger partial charge < -0.3 is 25.0 Å². The van der Waals surface area contributed by atoms with Crippen molar-refractivity contribution in [2.75, 3.05) is 40.0 Å². The molecule has 2 N–H and O–H groups in total. The van der Waals surface area contributed by atoms with Crippen molar-refractivity contribution >= 4 is 17.9 Å². The van der Waals surface area contributed by atoms with Gasteiger partial charge in [-0.2, -0.15) is 5.26 Å². The van der Waals surface area contributed by atoms with Crippen LogP contribution in [-0.4, -0.2) is 85.3 Å². The van der Waals surface area contributed by atoms with E-state index in [1.807, 2.05) is 35.2 Å². The second kappa shape index (κ2) is 13.1. The first-order chi connectivity index (χ1) is 18.5. The molecule has 1 aromatic carbocycles. The fraction of sp³-hybridized carbons (Fsp3) is 0.643. The van der Waals surface area contributed by atoms with Gasteiger partial charge in [0.1, 0.15) is 12.1 Å². The average Bonchev–Trinajstić information content (AvgIpc) is 3.31. The van der Waals surface area contributed by atoms with Crippen LogP contribution in [0.15, 0.2) is 30.3 Å². The molecular formula is C28H39N5O5. The van der Waals surface area contributed by atoms with Gasteiger partial charge in [-0.25, -0.2) is 4.79 Å². The lowest BCUT2D eigenvalue weighted by Crippen LogP contribution is -2.63. The molecule has 4 rings (SSSR count). The van der Waals surface area contributed by atoms with Gasteiger partial charge in [0.05, 0.1) is 26.4 Å². The largest absolute Gasteiger partial charge is 0.468 e. The van der Waals surface area contributed by atoms with E-state index in [0.29, 0.717) is 51.7 Å². The minimum Gasteiger partial charge on any atom is -0.468 e. The molecule has 1 aliphatic carbocycles. The van der Waals surface area contributed by atoms with Gasteiger partial charge in [0.2, 0.25) is 5.91 Å². The van der Waals surface area contributed by atoms with Crippen molar-refractivity contribution in [3.8, 4) is 6.07 Å². The summed E-state index contributed by atoms with van der Waals surface area (Å²) in [5, 5.41) is 16.2. The zero-order valence-electron chi connectivity index (χ0n) is 22.2. The molecule has 10 nitrogen and oxygen atoms in total. The van der Waals surface area contributed by atoms with Crippen molar-refractivity contribution < 1.29 is 23.9 Å². The molecule has 3 unspecified atom stereocenters. The van der Waals surface area contributed by atoms with Gasteiger partial charge in [0.25, 0.3) is 0 Å². The van der Waals surface area contributed by atoms with Crippen LogP contribution in [0.25, 0.3) is 0 Å². The highest BCUT2D eigenvalue weighted by Gasteiger charge is 2.54. The van der Waals surface area contributed by atoms with Crippen molar-refractivity contribution in [3.63, 3.8) is 0 Å². The number of carbonyl (C=O) groups excluding carboxylic acids is 3. The van der Waals surface area contributed by atoms with Crippen molar-refractivity contribution in [1.82, 2.24) is 20.4 Å².